The van der Waals surface area contributed by atoms with Gasteiger partial charge in [-0.1, -0.05) is 37.3 Å². The van der Waals surface area contributed by atoms with Gasteiger partial charge in [-0.25, -0.2) is 4.99 Å². The summed E-state index contributed by atoms with van der Waals surface area (Å²) in [6.45, 7) is 2.04. The third kappa shape index (κ3) is 1.92. The average molecular weight is 216 g/mol. The third-order valence-electron chi connectivity index (χ3n) is 2.89. The van der Waals surface area contributed by atoms with Gasteiger partial charge in [0.05, 0.1) is 0 Å². The summed E-state index contributed by atoms with van der Waals surface area (Å²) >= 11 is 0. The van der Waals surface area contributed by atoms with Gasteiger partial charge in [0.25, 0.3) is 0 Å². The van der Waals surface area contributed by atoms with Crippen molar-refractivity contribution in [3.63, 3.8) is 0 Å². The predicted octanol–water partition coefficient (Wildman–Crippen LogP) is 0.877. The lowest BCUT2D eigenvalue weighted by Gasteiger charge is -2.31. The Labute approximate surface area is 95.1 Å². The van der Waals surface area contributed by atoms with E-state index in [9.17, 15) is 0 Å². The minimum Gasteiger partial charge on any atom is -0.370 e. The zero-order valence-corrected chi connectivity index (χ0v) is 9.22. The van der Waals surface area contributed by atoms with Crippen LogP contribution in [0.25, 0.3) is 0 Å². The maximum Gasteiger partial charge on any atom is 0.194 e. The minimum absolute atomic E-state index is 0.0746. The molecule has 0 saturated carbocycles. The van der Waals surface area contributed by atoms with Gasteiger partial charge in [-0.15, -0.1) is 0 Å². The molecule has 1 heterocycles. The number of hydrogen-bond acceptors (Lipinski definition) is 4. The van der Waals surface area contributed by atoms with Gasteiger partial charge in [0.2, 0.25) is 0 Å². The standard InChI is InChI=1S/C12H16N4/c1-9(10-5-3-2-4-6-10)12(14)7-8-15-11(13)16-12/h2-9H,14H2,1H3,(H3,13,15,16)/t9-,12?/m0/s1. The Hall–Kier alpha value is -1.81. The SMILES string of the molecule is C[C@@H](c1ccccc1)C1(N)C=CNC(N)=N1. The second-order valence-electron chi connectivity index (χ2n) is 3.99. The molecular formula is C12H16N4. The molecule has 1 aliphatic heterocycles. The quantitative estimate of drug-likeness (QED) is 0.686. The van der Waals surface area contributed by atoms with Crippen molar-refractivity contribution in [2.24, 2.45) is 16.5 Å². The van der Waals surface area contributed by atoms with Gasteiger partial charge in [0.1, 0.15) is 5.66 Å². The van der Waals surface area contributed by atoms with Gasteiger partial charge in [0.15, 0.2) is 5.96 Å². The van der Waals surface area contributed by atoms with Crippen LogP contribution in [0, 0.1) is 0 Å². The Kier molecular flexibility index (Phi) is 2.66. The first-order valence-electron chi connectivity index (χ1n) is 5.25. The van der Waals surface area contributed by atoms with Crippen molar-refractivity contribution in [1.82, 2.24) is 5.32 Å². The fraction of sp³-hybridized carbons (Fsp3) is 0.250. The fourth-order valence-electron chi connectivity index (χ4n) is 1.79. The van der Waals surface area contributed by atoms with Gasteiger partial charge < -0.3 is 16.8 Å². The molecule has 2 rings (SSSR count). The molecule has 0 bridgehead atoms. The number of nitrogens with two attached hydrogens (primary N) is 2. The Balaban J connectivity index is 2.31. The molecule has 0 aliphatic carbocycles. The highest BCUT2D eigenvalue weighted by Crippen LogP contribution is 2.29. The molecule has 84 valence electrons. The van der Waals surface area contributed by atoms with Gasteiger partial charge in [-0.3, -0.25) is 0 Å². The molecule has 5 N–H and O–H groups in total. The molecule has 1 aromatic rings. The second kappa shape index (κ2) is 3.98. The van der Waals surface area contributed by atoms with Gasteiger partial charge in [-0.05, 0) is 11.6 Å². The van der Waals surface area contributed by atoms with Crippen LogP contribution in [0.1, 0.15) is 18.4 Å². The number of hydrogen-bond donors (Lipinski definition) is 3. The number of nitrogens with one attached hydrogen (secondary N) is 1. The number of guanidine groups is 1. The van der Waals surface area contributed by atoms with E-state index in [1.807, 2.05) is 43.3 Å². The smallest absolute Gasteiger partial charge is 0.194 e. The normalized spacial score (nSPS) is 25.8. The van der Waals surface area contributed by atoms with Crippen LogP contribution in [0.5, 0.6) is 0 Å². The molecule has 0 saturated heterocycles. The van der Waals surface area contributed by atoms with E-state index in [0.717, 1.165) is 5.56 Å². The molecule has 4 nitrogen and oxygen atoms in total. The lowest BCUT2D eigenvalue weighted by Crippen LogP contribution is -2.47. The van der Waals surface area contributed by atoms with Crippen LogP contribution in [0.3, 0.4) is 0 Å². The molecular weight excluding hydrogens is 200 g/mol. The number of rotatable bonds is 2. The molecule has 16 heavy (non-hydrogen) atoms. The first kappa shape index (κ1) is 10.7. The topological polar surface area (TPSA) is 76.4 Å². The molecule has 0 fully saturated rings. The minimum atomic E-state index is -0.767. The number of benzene rings is 1. The fourth-order valence-corrected chi connectivity index (χ4v) is 1.79. The highest BCUT2D eigenvalue weighted by atomic mass is 15.2. The molecule has 0 spiro atoms. The molecule has 4 heteroatoms. The monoisotopic (exact) mass is 216 g/mol. The third-order valence-corrected chi connectivity index (χ3v) is 2.89. The van der Waals surface area contributed by atoms with Gasteiger partial charge >= 0.3 is 0 Å². The average Bonchev–Trinajstić information content (AvgIpc) is 2.29. The van der Waals surface area contributed by atoms with Crippen LogP contribution >= 0.6 is 0 Å². The zero-order valence-electron chi connectivity index (χ0n) is 9.22. The molecule has 0 radical (unpaired) electrons. The van der Waals surface area contributed by atoms with Crippen LogP contribution < -0.4 is 16.8 Å². The van der Waals surface area contributed by atoms with Crippen LogP contribution in [0.4, 0.5) is 0 Å². The largest absolute Gasteiger partial charge is 0.370 e. The van der Waals surface area contributed by atoms with E-state index in [1.165, 1.54) is 0 Å². The van der Waals surface area contributed by atoms with Crippen LogP contribution in [-0.4, -0.2) is 11.6 Å². The summed E-state index contributed by atoms with van der Waals surface area (Å²) in [6.07, 6.45) is 3.57. The number of nitrogens with zero attached hydrogens (tertiary/aromatic N) is 1. The summed E-state index contributed by atoms with van der Waals surface area (Å²) in [5.74, 6) is 0.429. The van der Waals surface area contributed by atoms with Crippen molar-refractivity contribution in [2.45, 2.75) is 18.5 Å². The van der Waals surface area contributed by atoms with Crippen molar-refractivity contribution >= 4 is 5.96 Å². The van der Waals surface area contributed by atoms with E-state index in [4.69, 9.17) is 11.5 Å². The lowest BCUT2D eigenvalue weighted by atomic mass is 9.88. The van der Waals surface area contributed by atoms with E-state index in [0.29, 0.717) is 5.96 Å². The molecule has 1 aromatic carbocycles. The molecule has 2 atom stereocenters. The van der Waals surface area contributed by atoms with Crippen molar-refractivity contribution in [3.8, 4) is 0 Å². The Bertz CT molecular complexity index is 424. The van der Waals surface area contributed by atoms with Crippen molar-refractivity contribution in [3.05, 3.63) is 48.2 Å². The van der Waals surface area contributed by atoms with E-state index < -0.39 is 5.66 Å². The van der Waals surface area contributed by atoms with E-state index in [2.05, 4.69) is 10.3 Å². The summed E-state index contributed by atoms with van der Waals surface area (Å²) in [4.78, 5) is 4.26. The van der Waals surface area contributed by atoms with E-state index >= 15 is 0 Å². The summed E-state index contributed by atoms with van der Waals surface area (Å²) in [5, 5.41) is 2.81. The second-order valence-corrected chi connectivity index (χ2v) is 3.99. The van der Waals surface area contributed by atoms with Gasteiger partial charge in [-0.2, -0.15) is 0 Å². The van der Waals surface area contributed by atoms with Crippen LogP contribution in [-0.2, 0) is 0 Å². The predicted molar refractivity (Wildman–Crippen MR) is 65.7 cm³/mol. The highest BCUT2D eigenvalue weighted by molar-refractivity contribution is 5.80. The summed E-state index contributed by atoms with van der Waals surface area (Å²) < 4.78 is 0. The Morgan fingerprint density at radius 1 is 1.31 bits per heavy atom. The molecule has 1 aliphatic rings. The van der Waals surface area contributed by atoms with Crippen molar-refractivity contribution < 1.29 is 0 Å². The zero-order chi connectivity index (χ0) is 11.6. The summed E-state index contributed by atoms with van der Waals surface area (Å²) in [5.41, 5.74) is 12.2. The first-order valence-corrected chi connectivity index (χ1v) is 5.25. The van der Waals surface area contributed by atoms with E-state index in [-0.39, 0.29) is 5.92 Å². The lowest BCUT2D eigenvalue weighted by molar-refractivity contribution is 0.458. The Morgan fingerprint density at radius 2 is 2.00 bits per heavy atom. The highest BCUT2D eigenvalue weighted by Gasteiger charge is 2.31. The molecule has 0 aromatic heterocycles. The molecule has 0 amide bonds. The number of aliphatic imine (C=N–C) groups is 1. The van der Waals surface area contributed by atoms with Crippen LogP contribution in [0.15, 0.2) is 47.6 Å². The maximum atomic E-state index is 6.23. The summed E-state index contributed by atoms with van der Waals surface area (Å²) in [6, 6.07) is 10.1. The maximum absolute atomic E-state index is 6.23. The van der Waals surface area contributed by atoms with Crippen molar-refractivity contribution in [1.29, 1.82) is 0 Å². The molecule has 1 unspecified atom stereocenters. The Morgan fingerprint density at radius 3 is 2.62 bits per heavy atom. The van der Waals surface area contributed by atoms with Gasteiger partial charge in [0, 0.05) is 12.1 Å². The summed E-state index contributed by atoms with van der Waals surface area (Å²) in [7, 11) is 0. The van der Waals surface area contributed by atoms with Crippen molar-refractivity contribution in [2.75, 3.05) is 0 Å². The van der Waals surface area contributed by atoms with Crippen LogP contribution in [0.2, 0.25) is 0 Å². The first-order chi connectivity index (χ1) is 7.62. The van der Waals surface area contributed by atoms with E-state index in [1.54, 1.807) is 6.20 Å².